The second-order valence-electron chi connectivity index (χ2n) is 9.83. The minimum atomic E-state index is -0.816. The second-order valence-corrected chi connectivity index (χ2v) is 9.83. The molecule has 1 heterocycles. The summed E-state index contributed by atoms with van der Waals surface area (Å²) in [4.78, 5) is 24.7. The Hall–Kier alpha value is -1.36. The van der Waals surface area contributed by atoms with Gasteiger partial charge in [0.15, 0.2) is 6.10 Å². The molecule has 0 aromatic carbocycles. The van der Waals surface area contributed by atoms with Gasteiger partial charge < -0.3 is 14.6 Å². The van der Waals surface area contributed by atoms with E-state index in [1.807, 2.05) is 6.08 Å². The van der Waals surface area contributed by atoms with E-state index in [1.54, 1.807) is 0 Å². The molecule has 1 rings (SSSR count). The number of allylic oxidation sites excluding steroid dienone is 1. The summed E-state index contributed by atoms with van der Waals surface area (Å²) in [6, 6.07) is 0. The summed E-state index contributed by atoms with van der Waals surface area (Å²) in [6.45, 7) is 16.8. The lowest BCUT2D eigenvalue weighted by Crippen LogP contribution is -2.35. The topological polar surface area (TPSA) is 72.8 Å². The van der Waals surface area contributed by atoms with Crippen LogP contribution in [0.4, 0.5) is 0 Å². The number of hydrogen-bond acceptors (Lipinski definition) is 5. The van der Waals surface area contributed by atoms with Crippen molar-refractivity contribution in [3.05, 3.63) is 11.6 Å². The van der Waals surface area contributed by atoms with Crippen molar-refractivity contribution < 1.29 is 24.2 Å². The Morgan fingerprint density at radius 1 is 1.03 bits per heavy atom. The van der Waals surface area contributed by atoms with Gasteiger partial charge in [0.1, 0.15) is 6.10 Å². The van der Waals surface area contributed by atoms with Crippen molar-refractivity contribution in [1.82, 2.24) is 0 Å². The van der Waals surface area contributed by atoms with Gasteiger partial charge in [-0.1, -0.05) is 61.5 Å². The number of rotatable bonds is 11. The molecule has 1 fully saturated rings. The maximum Gasteiger partial charge on any atom is 0.334 e. The van der Waals surface area contributed by atoms with Crippen LogP contribution < -0.4 is 0 Å². The Morgan fingerprint density at radius 2 is 1.55 bits per heavy atom. The molecule has 0 amide bonds. The summed E-state index contributed by atoms with van der Waals surface area (Å²) in [5.74, 6) is 1.79. The first-order valence-corrected chi connectivity index (χ1v) is 11.2. The van der Waals surface area contributed by atoms with Gasteiger partial charge in [0.25, 0.3) is 0 Å². The normalized spacial score (nSPS) is 20.0. The quantitative estimate of drug-likeness (QED) is 0.392. The molecule has 1 saturated heterocycles. The van der Waals surface area contributed by atoms with Crippen molar-refractivity contribution in [2.24, 2.45) is 35.5 Å². The molecular formula is C24H42O5. The molecule has 0 aromatic rings. The number of carbonyl (C=O) groups excluding carboxylic acids is 2. The van der Waals surface area contributed by atoms with Crippen molar-refractivity contribution >= 4 is 11.9 Å². The van der Waals surface area contributed by atoms with Crippen LogP contribution in [0.1, 0.15) is 74.7 Å². The van der Waals surface area contributed by atoms with Crippen molar-refractivity contribution in [2.75, 3.05) is 6.61 Å². The van der Waals surface area contributed by atoms with Gasteiger partial charge in [-0.15, -0.1) is 0 Å². The minimum Gasteiger partial charge on any atom is -0.456 e. The fourth-order valence-corrected chi connectivity index (χ4v) is 4.40. The van der Waals surface area contributed by atoms with Crippen LogP contribution >= 0.6 is 0 Å². The monoisotopic (exact) mass is 410 g/mol. The first-order valence-electron chi connectivity index (χ1n) is 11.2. The molecular weight excluding hydrogens is 368 g/mol. The van der Waals surface area contributed by atoms with Gasteiger partial charge in [-0.2, -0.15) is 0 Å². The molecule has 1 N–H and O–H groups in total. The molecule has 1 unspecified atom stereocenters. The molecule has 1 aliphatic rings. The van der Waals surface area contributed by atoms with Crippen molar-refractivity contribution in [3.8, 4) is 0 Å². The Labute approximate surface area is 177 Å². The van der Waals surface area contributed by atoms with E-state index >= 15 is 0 Å². The highest BCUT2D eigenvalue weighted by molar-refractivity contribution is 5.90. The van der Waals surface area contributed by atoms with Gasteiger partial charge in [0.05, 0.1) is 6.61 Å². The van der Waals surface area contributed by atoms with Crippen molar-refractivity contribution in [3.63, 3.8) is 0 Å². The maximum absolute atomic E-state index is 12.4. The van der Waals surface area contributed by atoms with E-state index in [0.29, 0.717) is 48.0 Å². The Balaban J connectivity index is 2.73. The average Bonchev–Trinajstić information content (AvgIpc) is 2.97. The molecule has 1 aliphatic heterocycles. The smallest absolute Gasteiger partial charge is 0.334 e. The zero-order chi connectivity index (χ0) is 22.3. The van der Waals surface area contributed by atoms with Gasteiger partial charge >= 0.3 is 11.9 Å². The molecule has 5 nitrogen and oxygen atoms in total. The van der Waals surface area contributed by atoms with E-state index in [9.17, 15) is 14.7 Å². The van der Waals surface area contributed by atoms with Crippen LogP contribution in [0.5, 0.6) is 0 Å². The molecule has 0 aliphatic carbocycles. The van der Waals surface area contributed by atoms with Crippen LogP contribution in [-0.4, -0.2) is 35.9 Å². The number of aliphatic hydroxyl groups is 1. The van der Waals surface area contributed by atoms with Crippen LogP contribution in [-0.2, 0) is 19.1 Å². The van der Waals surface area contributed by atoms with E-state index in [1.165, 1.54) is 0 Å². The van der Waals surface area contributed by atoms with Gasteiger partial charge in [-0.25, -0.2) is 4.79 Å². The predicted octanol–water partition coefficient (Wildman–Crippen LogP) is 4.77. The van der Waals surface area contributed by atoms with Crippen LogP contribution in [0, 0.1) is 35.5 Å². The lowest BCUT2D eigenvalue weighted by molar-refractivity contribution is -0.165. The van der Waals surface area contributed by atoms with E-state index in [-0.39, 0.29) is 24.5 Å². The standard InChI is InChI=1S/C24H42O5/c1-14(2)19(15(3)4)10-9-18-11-21(29-24(18)27)22(13-25)28-23(26)12-20(16(5)6)17(7)8/h9,14-17,19-22,25H,10-13H2,1-8H3/b18-9+/t21?,22-/m0/s1. The highest BCUT2D eigenvalue weighted by Gasteiger charge is 2.37. The van der Waals surface area contributed by atoms with Gasteiger partial charge in [-0.05, 0) is 41.9 Å². The number of ether oxygens (including phenoxy) is 2. The molecule has 0 aromatic heterocycles. The van der Waals surface area contributed by atoms with Crippen molar-refractivity contribution in [2.45, 2.75) is 86.9 Å². The molecule has 168 valence electrons. The predicted molar refractivity (Wildman–Crippen MR) is 115 cm³/mol. The summed E-state index contributed by atoms with van der Waals surface area (Å²) in [7, 11) is 0. The number of esters is 2. The SMILES string of the molecule is CC(C)C(C/C=C1\CC([C@H](CO)OC(=O)CC(C(C)C)C(C)C)OC1=O)C(C)C. The lowest BCUT2D eigenvalue weighted by atomic mass is 9.82. The lowest BCUT2D eigenvalue weighted by Gasteiger charge is -2.26. The highest BCUT2D eigenvalue weighted by atomic mass is 16.6. The number of aliphatic hydroxyl groups excluding tert-OH is 1. The molecule has 0 spiro atoms. The third kappa shape index (κ3) is 7.76. The van der Waals surface area contributed by atoms with Crippen LogP contribution in [0.2, 0.25) is 0 Å². The largest absolute Gasteiger partial charge is 0.456 e. The minimum absolute atomic E-state index is 0.215. The van der Waals surface area contributed by atoms with Gasteiger partial charge in [0.2, 0.25) is 0 Å². The summed E-state index contributed by atoms with van der Waals surface area (Å²) >= 11 is 0. The zero-order valence-electron chi connectivity index (χ0n) is 19.6. The third-order valence-electron chi connectivity index (χ3n) is 6.28. The van der Waals surface area contributed by atoms with Gasteiger partial charge in [-0.3, -0.25) is 4.79 Å². The maximum atomic E-state index is 12.4. The molecule has 2 atom stereocenters. The number of hydrogen-bond donors (Lipinski definition) is 1. The van der Waals surface area contributed by atoms with Crippen molar-refractivity contribution in [1.29, 1.82) is 0 Å². The molecule has 0 saturated carbocycles. The first-order chi connectivity index (χ1) is 13.5. The van der Waals surface area contributed by atoms with E-state index in [2.05, 4.69) is 55.4 Å². The summed E-state index contributed by atoms with van der Waals surface area (Å²) in [6.07, 6.45) is 2.04. The molecule has 29 heavy (non-hydrogen) atoms. The van der Waals surface area contributed by atoms with Crippen LogP contribution in [0.25, 0.3) is 0 Å². The average molecular weight is 411 g/mol. The van der Waals surface area contributed by atoms with E-state index in [4.69, 9.17) is 9.47 Å². The van der Waals surface area contributed by atoms with E-state index < -0.39 is 12.2 Å². The van der Waals surface area contributed by atoms with Gasteiger partial charge in [0, 0.05) is 18.4 Å². The van der Waals surface area contributed by atoms with Crippen LogP contribution in [0.15, 0.2) is 11.6 Å². The number of carbonyl (C=O) groups is 2. The Bertz CT molecular complexity index is 546. The highest BCUT2D eigenvalue weighted by Crippen LogP contribution is 2.30. The van der Waals surface area contributed by atoms with Crippen LogP contribution in [0.3, 0.4) is 0 Å². The fraction of sp³-hybridized carbons (Fsp3) is 0.833. The summed E-state index contributed by atoms with van der Waals surface area (Å²) < 4.78 is 11.0. The molecule has 0 bridgehead atoms. The zero-order valence-corrected chi connectivity index (χ0v) is 19.6. The fourth-order valence-electron chi connectivity index (χ4n) is 4.40. The molecule has 5 heteroatoms. The molecule has 0 radical (unpaired) electrons. The third-order valence-corrected chi connectivity index (χ3v) is 6.28. The summed E-state index contributed by atoms with van der Waals surface area (Å²) in [5, 5.41) is 9.74. The first kappa shape index (κ1) is 25.7. The van der Waals surface area contributed by atoms with E-state index in [0.717, 1.165) is 6.42 Å². The number of cyclic esters (lactones) is 1. The second kappa shape index (κ2) is 11.7. The Kier molecular flexibility index (Phi) is 10.4. The summed E-state index contributed by atoms with van der Waals surface area (Å²) in [5.41, 5.74) is 0.623. The Morgan fingerprint density at radius 3 is 2.00 bits per heavy atom.